The molecule has 1 aromatic rings. The molecule has 0 heterocycles. The van der Waals surface area contributed by atoms with Gasteiger partial charge in [-0.1, -0.05) is 84.4 Å². The van der Waals surface area contributed by atoms with Crippen molar-refractivity contribution in [2.75, 3.05) is 0 Å². The Hall–Kier alpha value is -0.980. The third-order valence-electron chi connectivity index (χ3n) is 7.06. The number of benzene rings is 1. The number of rotatable bonds is 9. The van der Waals surface area contributed by atoms with Crippen LogP contribution in [-0.2, 0) is 6.42 Å². The highest BCUT2D eigenvalue weighted by Crippen LogP contribution is 2.59. The molecule has 0 spiro atoms. The maximum Gasteiger partial charge on any atom is 0.118 e. The maximum atomic E-state index is 10.3. The Bertz CT molecular complexity index is 519. The number of para-hydroxylation sites is 1. The minimum Gasteiger partial charge on any atom is -0.508 e. The van der Waals surface area contributed by atoms with Gasteiger partial charge >= 0.3 is 0 Å². The van der Waals surface area contributed by atoms with Gasteiger partial charge < -0.3 is 5.11 Å². The molecule has 2 unspecified atom stereocenters. The largest absolute Gasteiger partial charge is 0.508 e. The lowest BCUT2D eigenvalue weighted by molar-refractivity contribution is -0.0476. The first-order valence-corrected chi connectivity index (χ1v) is 10.7. The van der Waals surface area contributed by atoms with Crippen molar-refractivity contribution < 1.29 is 5.11 Å². The fourth-order valence-electron chi connectivity index (χ4n) is 5.55. The number of phenols is 1. The standard InChI is InChI=1S/C24H40O/c1-5-7-14-21-15-11-12-18-24(21,17-8-6-2)23(3,4)19-20-13-9-10-16-22(20)25/h9-10,13,16,21,25H,5-8,11-12,14-15,17-19H2,1-4H3. The lowest BCUT2D eigenvalue weighted by Crippen LogP contribution is -2.47. The first kappa shape index (κ1) is 20.3. The van der Waals surface area contributed by atoms with Crippen molar-refractivity contribution in [1.82, 2.24) is 0 Å². The van der Waals surface area contributed by atoms with Crippen LogP contribution >= 0.6 is 0 Å². The molecule has 2 rings (SSSR count). The molecule has 25 heavy (non-hydrogen) atoms. The van der Waals surface area contributed by atoms with Crippen LogP contribution < -0.4 is 0 Å². The van der Waals surface area contributed by atoms with E-state index in [4.69, 9.17) is 0 Å². The van der Waals surface area contributed by atoms with E-state index in [1.807, 2.05) is 12.1 Å². The van der Waals surface area contributed by atoms with E-state index in [2.05, 4.69) is 39.8 Å². The molecule has 0 aliphatic heterocycles. The van der Waals surface area contributed by atoms with E-state index in [-0.39, 0.29) is 5.41 Å². The highest BCUT2D eigenvalue weighted by atomic mass is 16.3. The molecule has 1 aliphatic rings. The summed E-state index contributed by atoms with van der Waals surface area (Å²) < 4.78 is 0. The van der Waals surface area contributed by atoms with E-state index in [0.29, 0.717) is 11.2 Å². The van der Waals surface area contributed by atoms with Crippen LogP contribution in [0.25, 0.3) is 0 Å². The van der Waals surface area contributed by atoms with E-state index in [0.717, 1.165) is 17.9 Å². The second-order valence-corrected chi connectivity index (χ2v) is 9.03. The van der Waals surface area contributed by atoms with Gasteiger partial charge in [-0.25, -0.2) is 0 Å². The molecule has 1 nitrogen and oxygen atoms in total. The summed E-state index contributed by atoms with van der Waals surface area (Å²) in [6.07, 6.45) is 14.6. The summed E-state index contributed by atoms with van der Waals surface area (Å²) >= 11 is 0. The monoisotopic (exact) mass is 344 g/mol. The molecule has 0 aromatic heterocycles. The molecule has 0 saturated heterocycles. The van der Waals surface area contributed by atoms with Gasteiger partial charge in [0.15, 0.2) is 0 Å². The minimum atomic E-state index is 0.222. The summed E-state index contributed by atoms with van der Waals surface area (Å²) in [5.74, 6) is 1.33. The van der Waals surface area contributed by atoms with Crippen LogP contribution in [0, 0.1) is 16.7 Å². The van der Waals surface area contributed by atoms with Gasteiger partial charge in [-0.15, -0.1) is 0 Å². The van der Waals surface area contributed by atoms with Crippen LogP contribution in [0.3, 0.4) is 0 Å². The summed E-state index contributed by atoms with van der Waals surface area (Å²) in [6, 6.07) is 7.97. The van der Waals surface area contributed by atoms with E-state index >= 15 is 0 Å². The second kappa shape index (κ2) is 9.10. The lowest BCUT2D eigenvalue weighted by Gasteiger charge is -2.55. The predicted octanol–water partition coefficient (Wildman–Crippen LogP) is 7.52. The second-order valence-electron chi connectivity index (χ2n) is 9.03. The number of aromatic hydroxyl groups is 1. The number of hydrogen-bond donors (Lipinski definition) is 1. The van der Waals surface area contributed by atoms with Gasteiger partial charge in [-0.2, -0.15) is 0 Å². The predicted molar refractivity (Wildman–Crippen MR) is 109 cm³/mol. The Labute approximate surface area is 156 Å². The highest BCUT2D eigenvalue weighted by Gasteiger charge is 2.50. The number of unbranched alkanes of at least 4 members (excludes halogenated alkanes) is 2. The molecular weight excluding hydrogens is 304 g/mol. The van der Waals surface area contributed by atoms with E-state index in [9.17, 15) is 5.11 Å². The molecule has 0 amide bonds. The zero-order valence-corrected chi connectivity index (χ0v) is 17.1. The average molecular weight is 345 g/mol. The summed E-state index contributed by atoms with van der Waals surface area (Å²) in [5.41, 5.74) is 1.78. The van der Waals surface area contributed by atoms with Crippen molar-refractivity contribution >= 4 is 0 Å². The topological polar surface area (TPSA) is 20.2 Å². The van der Waals surface area contributed by atoms with Crippen LogP contribution in [0.5, 0.6) is 5.75 Å². The quantitative estimate of drug-likeness (QED) is 0.491. The smallest absolute Gasteiger partial charge is 0.118 e. The molecule has 1 N–H and O–H groups in total. The van der Waals surface area contributed by atoms with E-state index in [1.54, 1.807) is 0 Å². The molecular formula is C24H40O. The number of hydrogen-bond acceptors (Lipinski definition) is 1. The van der Waals surface area contributed by atoms with Crippen LogP contribution in [-0.4, -0.2) is 5.11 Å². The lowest BCUT2D eigenvalue weighted by atomic mass is 9.49. The van der Waals surface area contributed by atoms with Crippen molar-refractivity contribution in [3.05, 3.63) is 29.8 Å². The molecule has 2 atom stereocenters. The number of phenolic OH excluding ortho intramolecular Hbond substituents is 1. The molecule has 0 radical (unpaired) electrons. The zero-order valence-electron chi connectivity index (χ0n) is 17.1. The Morgan fingerprint density at radius 3 is 2.48 bits per heavy atom. The summed E-state index contributed by atoms with van der Waals surface area (Å²) in [5, 5.41) is 10.3. The van der Waals surface area contributed by atoms with Crippen LogP contribution in [0.1, 0.15) is 97.5 Å². The molecule has 1 saturated carbocycles. The molecule has 1 aliphatic carbocycles. The van der Waals surface area contributed by atoms with Gasteiger partial charge in [0.2, 0.25) is 0 Å². The first-order valence-electron chi connectivity index (χ1n) is 10.7. The molecule has 1 aromatic carbocycles. The van der Waals surface area contributed by atoms with Crippen LogP contribution in [0.2, 0.25) is 0 Å². The van der Waals surface area contributed by atoms with Crippen LogP contribution in [0.15, 0.2) is 24.3 Å². The summed E-state index contributed by atoms with van der Waals surface area (Å²) in [7, 11) is 0. The van der Waals surface area contributed by atoms with Crippen molar-refractivity contribution in [3.8, 4) is 5.75 Å². The fraction of sp³-hybridized carbons (Fsp3) is 0.750. The van der Waals surface area contributed by atoms with Gasteiger partial charge in [-0.05, 0) is 60.5 Å². The van der Waals surface area contributed by atoms with Crippen molar-refractivity contribution in [2.24, 2.45) is 16.7 Å². The normalized spacial score (nSPS) is 24.4. The van der Waals surface area contributed by atoms with Crippen molar-refractivity contribution in [3.63, 3.8) is 0 Å². The maximum absolute atomic E-state index is 10.3. The first-order chi connectivity index (χ1) is 12.0. The van der Waals surface area contributed by atoms with E-state index in [1.165, 1.54) is 64.2 Å². The van der Waals surface area contributed by atoms with Gasteiger partial charge in [-0.3, -0.25) is 0 Å². The van der Waals surface area contributed by atoms with Gasteiger partial charge in [0.05, 0.1) is 0 Å². The summed E-state index contributed by atoms with van der Waals surface area (Å²) in [6.45, 7) is 9.62. The molecule has 1 fully saturated rings. The molecule has 0 bridgehead atoms. The Morgan fingerprint density at radius 1 is 1.08 bits per heavy atom. The van der Waals surface area contributed by atoms with Crippen LogP contribution in [0.4, 0.5) is 0 Å². The van der Waals surface area contributed by atoms with E-state index < -0.39 is 0 Å². The van der Waals surface area contributed by atoms with Crippen molar-refractivity contribution in [2.45, 2.75) is 98.3 Å². The van der Waals surface area contributed by atoms with Gasteiger partial charge in [0.25, 0.3) is 0 Å². The Kier molecular flexibility index (Phi) is 7.40. The minimum absolute atomic E-state index is 0.222. The fourth-order valence-corrected chi connectivity index (χ4v) is 5.55. The highest BCUT2D eigenvalue weighted by molar-refractivity contribution is 5.33. The molecule has 1 heteroatoms. The SMILES string of the molecule is CCCCC1CCCCC1(CCCC)C(C)(C)Cc1ccccc1O. The van der Waals surface area contributed by atoms with Crippen molar-refractivity contribution in [1.29, 1.82) is 0 Å². The Morgan fingerprint density at radius 2 is 1.80 bits per heavy atom. The Balaban J connectivity index is 2.33. The molecule has 142 valence electrons. The van der Waals surface area contributed by atoms with Gasteiger partial charge in [0.1, 0.15) is 5.75 Å². The zero-order chi connectivity index (χ0) is 18.3. The third-order valence-corrected chi connectivity index (χ3v) is 7.06. The average Bonchev–Trinajstić information content (AvgIpc) is 2.60. The third kappa shape index (κ3) is 4.60. The summed E-state index contributed by atoms with van der Waals surface area (Å²) in [4.78, 5) is 0. The van der Waals surface area contributed by atoms with Gasteiger partial charge in [0, 0.05) is 0 Å².